The second kappa shape index (κ2) is 11.0. The number of carbonyl (C=O) groups excluding carboxylic acids is 2. The Morgan fingerprint density at radius 2 is 1.85 bits per heavy atom. The summed E-state index contributed by atoms with van der Waals surface area (Å²) in [6, 6.07) is 20.0. The van der Waals surface area contributed by atoms with Crippen molar-refractivity contribution in [1.82, 2.24) is 5.32 Å². The number of carboxylic acids is 1. The zero-order chi connectivity index (χ0) is 28.4. The van der Waals surface area contributed by atoms with Gasteiger partial charge in [0.2, 0.25) is 0 Å². The van der Waals surface area contributed by atoms with E-state index in [0.717, 1.165) is 10.6 Å². The SMILES string of the molecule is CC1=NN(c2cccc(C(=O)O)c2)C(=O)/C1=C\c1ccc(-c2ccc(Cl)c(C(=O)NCc3ccc(F)cc3)c2)o1. The molecule has 0 spiro atoms. The number of carbonyl (C=O) groups is 3. The molecule has 0 radical (unpaired) electrons. The van der Waals surface area contributed by atoms with Crippen LogP contribution in [0.25, 0.3) is 17.4 Å². The van der Waals surface area contributed by atoms with Crippen molar-refractivity contribution in [1.29, 1.82) is 0 Å². The van der Waals surface area contributed by atoms with Crippen LogP contribution in [0.1, 0.15) is 39.0 Å². The van der Waals surface area contributed by atoms with Crippen molar-refractivity contribution in [3.63, 3.8) is 0 Å². The third-order valence-corrected chi connectivity index (χ3v) is 6.51. The molecule has 0 fully saturated rings. The number of benzene rings is 3. The Morgan fingerprint density at radius 3 is 2.60 bits per heavy atom. The molecule has 4 aromatic rings. The molecule has 2 N–H and O–H groups in total. The fraction of sp³-hybridized carbons (Fsp3) is 0.0667. The van der Waals surface area contributed by atoms with Gasteiger partial charge in [-0.05, 0) is 79.2 Å². The molecule has 200 valence electrons. The van der Waals surface area contributed by atoms with E-state index in [1.165, 1.54) is 24.3 Å². The summed E-state index contributed by atoms with van der Waals surface area (Å²) in [5, 5.41) is 17.7. The maximum atomic E-state index is 13.1. The maximum absolute atomic E-state index is 13.1. The second-order valence-corrected chi connectivity index (χ2v) is 9.33. The van der Waals surface area contributed by atoms with E-state index in [2.05, 4.69) is 10.4 Å². The monoisotopic (exact) mass is 557 g/mol. The van der Waals surface area contributed by atoms with E-state index in [1.54, 1.807) is 67.6 Å². The van der Waals surface area contributed by atoms with Gasteiger partial charge in [-0.15, -0.1) is 0 Å². The Bertz CT molecular complexity index is 1710. The first-order chi connectivity index (χ1) is 19.2. The molecule has 40 heavy (non-hydrogen) atoms. The normalized spacial score (nSPS) is 14.0. The van der Waals surface area contributed by atoms with E-state index in [0.29, 0.717) is 34.1 Å². The number of hydrogen-bond donors (Lipinski definition) is 2. The molecule has 8 nitrogen and oxygen atoms in total. The molecule has 0 bridgehead atoms. The summed E-state index contributed by atoms with van der Waals surface area (Å²) in [6.07, 6.45) is 1.55. The first-order valence-electron chi connectivity index (χ1n) is 12.1. The number of halogens is 2. The zero-order valence-electron chi connectivity index (χ0n) is 21.0. The Balaban J connectivity index is 1.34. The Labute approximate surface area is 233 Å². The van der Waals surface area contributed by atoms with Crippen molar-refractivity contribution in [3.8, 4) is 11.3 Å². The van der Waals surface area contributed by atoms with Gasteiger partial charge in [-0.1, -0.05) is 29.8 Å². The number of furan rings is 1. The summed E-state index contributed by atoms with van der Waals surface area (Å²) < 4.78 is 19.1. The number of carboxylic acid groups (broad SMARTS) is 1. The van der Waals surface area contributed by atoms with Crippen LogP contribution < -0.4 is 10.3 Å². The van der Waals surface area contributed by atoms with Gasteiger partial charge < -0.3 is 14.8 Å². The van der Waals surface area contributed by atoms with E-state index in [-0.39, 0.29) is 28.5 Å². The van der Waals surface area contributed by atoms with Crippen molar-refractivity contribution >= 4 is 46.9 Å². The van der Waals surface area contributed by atoms with Crippen molar-refractivity contribution in [2.45, 2.75) is 13.5 Å². The highest BCUT2D eigenvalue weighted by Gasteiger charge is 2.29. The molecule has 0 saturated carbocycles. The molecule has 2 amide bonds. The van der Waals surface area contributed by atoms with Gasteiger partial charge in [0.05, 0.1) is 33.1 Å². The van der Waals surface area contributed by atoms with E-state index in [4.69, 9.17) is 16.0 Å². The lowest BCUT2D eigenvalue weighted by molar-refractivity contribution is -0.114. The van der Waals surface area contributed by atoms with Crippen LogP contribution in [-0.4, -0.2) is 28.6 Å². The van der Waals surface area contributed by atoms with Crippen LogP contribution in [0, 0.1) is 5.82 Å². The van der Waals surface area contributed by atoms with E-state index >= 15 is 0 Å². The minimum atomic E-state index is -1.11. The number of nitrogens with zero attached hydrogens (tertiary/aromatic N) is 2. The molecule has 1 aliphatic heterocycles. The summed E-state index contributed by atoms with van der Waals surface area (Å²) in [6.45, 7) is 1.87. The first-order valence-corrected chi connectivity index (χ1v) is 12.4. The molecule has 1 aromatic heterocycles. The topological polar surface area (TPSA) is 112 Å². The third kappa shape index (κ3) is 5.55. The first kappa shape index (κ1) is 26.6. The standard InChI is InChI=1S/C30H21ClFN3O5/c1-17-24(29(37)35(34-17)22-4-2-3-20(13-22)30(38)39)15-23-10-12-27(40-23)19-7-11-26(31)25(14-19)28(36)33-16-18-5-8-21(32)9-6-18/h2-15H,16H2,1H3,(H,33,36)(H,38,39)/b24-15-. The lowest BCUT2D eigenvalue weighted by atomic mass is 10.1. The Hall–Kier alpha value is -5.02. The number of aromatic carboxylic acids is 1. The predicted octanol–water partition coefficient (Wildman–Crippen LogP) is 6.17. The number of hydrogen-bond acceptors (Lipinski definition) is 5. The van der Waals surface area contributed by atoms with Gasteiger partial charge >= 0.3 is 5.97 Å². The molecule has 3 aromatic carbocycles. The van der Waals surface area contributed by atoms with Crippen molar-refractivity contribution < 1.29 is 28.3 Å². The van der Waals surface area contributed by atoms with Gasteiger partial charge in [-0.3, -0.25) is 9.59 Å². The molecule has 10 heteroatoms. The number of amides is 2. The number of rotatable bonds is 7. The van der Waals surface area contributed by atoms with E-state index < -0.39 is 17.8 Å². The molecule has 0 saturated heterocycles. The molecule has 0 atom stereocenters. The summed E-state index contributed by atoms with van der Waals surface area (Å²) in [5.41, 5.74) is 2.67. The van der Waals surface area contributed by atoms with Gasteiger partial charge in [-0.25, -0.2) is 9.18 Å². The van der Waals surface area contributed by atoms with Crippen LogP contribution >= 0.6 is 11.6 Å². The molecular formula is C30H21ClFN3O5. The van der Waals surface area contributed by atoms with Crippen molar-refractivity contribution in [2.24, 2.45) is 5.10 Å². The van der Waals surface area contributed by atoms with Crippen LogP contribution in [0.2, 0.25) is 5.02 Å². The third-order valence-electron chi connectivity index (χ3n) is 6.18. The zero-order valence-corrected chi connectivity index (χ0v) is 21.8. The molecule has 0 unspecified atom stereocenters. The highest BCUT2D eigenvalue weighted by atomic mass is 35.5. The van der Waals surface area contributed by atoms with Gasteiger partial charge in [0.15, 0.2) is 0 Å². The summed E-state index contributed by atoms with van der Waals surface area (Å²) in [7, 11) is 0. The quantitative estimate of drug-likeness (QED) is 0.264. The van der Waals surface area contributed by atoms with Crippen LogP contribution in [0.5, 0.6) is 0 Å². The smallest absolute Gasteiger partial charge is 0.335 e. The van der Waals surface area contributed by atoms with Crippen LogP contribution in [0.3, 0.4) is 0 Å². The average Bonchev–Trinajstić information content (AvgIpc) is 3.53. The summed E-state index contributed by atoms with van der Waals surface area (Å²) >= 11 is 6.28. The second-order valence-electron chi connectivity index (χ2n) is 8.92. The fourth-order valence-electron chi connectivity index (χ4n) is 4.09. The molecule has 0 aliphatic carbocycles. The average molecular weight is 558 g/mol. The van der Waals surface area contributed by atoms with Gasteiger partial charge in [0, 0.05) is 12.1 Å². The minimum absolute atomic E-state index is 0.0396. The lowest BCUT2D eigenvalue weighted by Crippen LogP contribution is -2.23. The molecule has 5 rings (SSSR count). The summed E-state index contributed by atoms with van der Waals surface area (Å²) in [4.78, 5) is 37.2. The lowest BCUT2D eigenvalue weighted by Gasteiger charge is -2.12. The number of anilines is 1. The number of nitrogens with one attached hydrogen (secondary N) is 1. The van der Waals surface area contributed by atoms with Crippen LogP contribution in [-0.2, 0) is 11.3 Å². The van der Waals surface area contributed by atoms with Gasteiger partial charge in [0.25, 0.3) is 11.8 Å². The fourth-order valence-corrected chi connectivity index (χ4v) is 4.29. The largest absolute Gasteiger partial charge is 0.478 e. The van der Waals surface area contributed by atoms with Crippen LogP contribution in [0.15, 0.2) is 94.0 Å². The summed E-state index contributed by atoms with van der Waals surface area (Å²) in [5.74, 6) is -1.47. The Kier molecular flexibility index (Phi) is 7.31. The van der Waals surface area contributed by atoms with E-state index in [1.807, 2.05) is 0 Å². The molecule has 1 aliphatic rings. The maximum Gasteiger partial charge on any atom is 0.335 e. The molecule has 2 heterocycles. The van der Waals surface area contributed by atoms with Crippen molar-refractivity contribution in [2.75, 3.05) is 5.01 Å². The van der Waals surface area contributed by atoms with Gasteiger partial charge in [0.1, 0.15) is 17.3 Å². The van der Waals surface area contributed by atoms with E-state index in [9.17, 15) is 23.9 Å². The Morgan fingerprint density at radius 1 is 1.07 bits per heavy atom. The van der Waals surface area contributed by atoms with Crippen LogP contribution in [0.4, 0.5) is 10.1 Å². The predicted molar refractivity (Wildman–Crippen MR) is 149 cm³/mol. The molecular weight excluding hydrogens is 537 g/mol. The minimum Gasteiger partial charge on any atom is -0.478 e. The van der Waals surface area contributed by atoms with Crippen molar-refractivity contribution in [3.05, 3.63) is 118 Å². The highest BCUT2D eigenvalue weighted by Crippen LogP contribution is 2.30. The van der Waals surface area contributed by atoms with Gasteiger partial charge in [-0.2, -0.15) is 10.1 Å². The highest BCUT2D eigenvalue weighted by molar-refractivity contribution is 6.34. The number of hydrazone groups is 1.